The summed E-state index contributed by atoms with van der Waals surface area (Å²) in [7, 11) is 1.76. The fourth-order valence-electron chi connectivity index (χ4n) is 3.01. The van der Waals surface area contributed by atoms with Gasteiger partial charge in [0.05, 0.1) is 11.4 Å². The van der Waals surface area contributed by atoms with Gasteiger partial charge in [0.2, 0.25) is 0 Å². The summed E-state index contributed by atoms with van der Waals surface area (Å²) in [6, 6.07) is -0.498. The van der Waals surface area contributed by atoms with E-state index in [9.17, 15) is 14.7 Å². The van der Waals surface area contributed by atoms with Crippen LogP contribution in [0, 0.1) is 12.8 Å². The summed E-state index contributed by atoms with van der Waals surface area (Å²) in [6.45, 7) is 3.80. The first-order valence-electron chi connectivity index (χ1n) is 7.15. The van der Waals surface area contributed by atoms with Gasteiger partial charge in [0.1, 0.15) is 5.54 Å². The number of anilines is 1. The lowest BCUT2D eigenvalue weighted by Crippen LogP contribution is -2.57. The molecule has 1 fully saturated rings. The highest BCUT2D eigenvalue weighted by atomic mass is 16.4. The van der Waals surface area contributed by atoms with Crippen molar-refractivity contribution in [3.8, 4) is 0 Å². The first-order chi connectivity index (χ1) is 9.82. The summed E-state index contributed by atoms with van der Waals surface area (Å²) in [5.74, 6) is -0.678. The Labute approximate surface area is 123 Å². The van der Waals surface area contributed by atoms with Crippen molar-refractivity contribution in [3.63, 3.8) is 0 Å². The normalized spacial score (nSPS) is 25.4. The summed E-state index contributed by atoms with van der Waals surface area (Å²) in [6.07, 6.45) is 4.42. The Bertz CT molecular complexity index is 554. The summed E-state index contributed by atoms with van der Waals surface area (Å²) in [4.78, 5) is 23.8. The molecule has 0 bridgehead atoms. The van der Waals surface area contributed by atoms with E-state index in [4.69, 9.17) is 0 Å². The average Bonchev–Trinajstić information content (AvgIpc) is 2.67. The number of urea groups is 1. The number of carbonyl (C=O) groups is 2. The minimum atomic E-state index is -1.17. The quantitative estimate of drug-likeness (QED) is 0.793. The largest absolute Gasteiger partial charge is 0.480 e. The molecule has 3 N–H and O–H groups in total. The molecule has 0 aromatic carbocycles. The molecule has 1 aliphatic carbocycles. The van der Waals surface area contributed by atoms with E-state index in [1.807, 2.05) is 6.92 Å². The number of carboxylic acids is 1. The molecule has 1 aromatic heterocycles. The molecule has 0 saturated heterocycles. The lowest BCUT2D eigenvalue weighted by Gasteiger charge is -2.36. The van der Waals surface area contributed by atoms with Crippen molar-refractivity contribution in [1.29, 1.82) is 0 Å². The topological polar surface area (TPSA) is 96.3 Å². The number of aromatic nitrogens is 2. The Morgan fingerprint density at radius 1 is 1.52 bits per heavy atom. The molecule has 0 radical (unpaired) electrons. The molecule has 1 aromatic rings. The number of carbonyl (C=O) groups excluding carboxylic acids is 1. The van der Waals surface area contributed by atoms with Crippen LogP contribution < -0.4 is 10.6 Å². The average molecular weight is 294 g/mol. The van der Waals surface area contributed by atoms with Crippen LogP contribution in [-0.2, 0) is 11.8 Å². The zero-order valence-electron chi connectivity index (χ0n) is 12.6. The summed E-state index contributed by atoms with van der Waals surface area (Å²) in [5.41, 5.74) is 0.103. The smallest absolute Gasteiger partial charge is 0.329 e. The van der Waals surface area contributed by atoms with Crippen LogP contribution in [0.5, 0.6) is 0 Å². The monoisotopic (exact) mass is 294 g/mol. The Kier molecular flexibility index (Phi) is 4.20. The number of nitrogens with zero attached hydrogens (tertiary/aromatic N) is 2. The van der Waals surface area contributed by atoms with Gasteiger partial charge in [-0.1, -0.05) is 19.8 Å². The van der Waals surface area contributed by atoms with Crippen LogP contribution in [0.15, 0.2) is 6.20 Å². The highest BCUT2D eigenvalue weighted by Gasteiger charge is 2.43. The molecule has 7 heteroatoms. The third-order valence-corrected chi connectivity index (χ3v) is 4.02. The molecule has 0 spiro atoms. The Hall–Kier alpha value is -2.05. The fraction of sp³-hybridized carbons (Fsp3) is 0.643. The van der Waals surface area contributed by atoms with Crippen LogP contribution in [0.3, 0.4) is 0 Å². The van der Waals surface area contributed by atoms with Crippen molar-refractivity contribution in [1.82, 2.24) is 15.1 Å². The Balaban J connectivity index is 2.08. The fourth-order valence-corrected chi connectivity index (χ4v) is 3.01. The highest BCUT2D eigenvalue weighted by molar-refractivity contribution is 5.94. The SMILES string of the molecule is Cc1nn(C)cc1NC(=O)NC1(C(=O)O)CCCC(C)C1. The van der Waals surface area contributed by atoms with Crippen molar-refractivity contribution < 1.29 is 14.7 Å². The molecule has 2 atom stereocenters. The number of carboxylic acid groups (broad SMARTS) is 1. The first-order valence-corrected chi connectivity index (χ1v) is 7.15. The molecule has 2 rings (SSSR count). The van der Waals surface area contributed by atoms with Gasteiger partial charge in [0, 0.05) is 13.2 Å². The van der Waals surface area contributed by atoms with Gasteiger partial charge in [0.15, 0.2) is 0 Å². The minimum absolute atomic E-state index is 0.287. The standard InChI is InChI=1S/C14H22N4O3/c1-9-5-4-6-14(7-9,12(19)20)16-13(21)15-11-8-18(3)17-10(11)2/h8-9H,4-7H2,1-3H3,(H,19,20)(H2,15,16,21). The van der Waals surface area contributed by atoms with Gasteiger partial charge in [-0.15, -0.1) is 0 Å². The molecule has 7 nitrogen and oxygen atoms in total. The van der Waals surface area contributed by atoms with Gasteiger partial charge < -0.3 is 15.7 Å². The molecule has 2 unspecified atom stereocenters. The number of amides is 2. The minimum Gasteiger partial charge on any atom is -0.480 e. The molecule has 0 aliphatic heterocycles. The number of hydrogen-bond acceptors (Lipinski definition) is 3. The van der Waals surface area contributed by atoms with Gasteiger partial charge in [-0.25, -0.2) is 9.59 Å². The molecule has 116 valence electrons. The number of nitrogens with one attached hydrogen (secondary N) is 2. The van der Waals surface area contributed by atoms with E-state index in [0.29, 0.717) is 24.2 Å². The van der Waals surface area contributed by atoms with Gasteiger partial charge >= 0.3 is 12.0 Å². The van der Waals surface area contributed by atoms with Crippen molar-refractivity contribution in [2.75, 3.05) is 5.32 Å². The summed E-state index contributed by atoms with van der Waals surface area (Å²) in [5, 5.41) is 19.0. The molecule has 21 heavy (non-hydrogen) atoms. The van der Waals surface area contributed by atoms with E-state index in [1.165, 1.54) is 0 Å². The first kappa shape index (κ1) is 15.3. The van der Waals surface area contributed by atoms with Crippen molar-refractivity contribution in [2.24, 2.45) is 13.0 Å². The van der Waals surface area contributed by atoms with E-state index in [2.05, 4.69) is 15.7 Å². The molecule has 1 saturated carbocycles. The van der Waals surface area contributed by atoms with E-state index in [0.717, 1.165) is 12.8 Å². The van der Waals surface area contributed by atoms with Gasteiger partial charge in [0.25, 0.3) is 0 Å². The third-order valence-electron chi connectivity index (χ3n) is 4.02. The second-order valence-electron chi connectivity index (χ2n) is 5.97. The van der Waals surface area contributed by atoms with Crippen LogP contribution >= 0.6 is 0 Å². The molecular formula is C14H22N4O3. The Morgan fingerprint density at radius 2 is 2.24 bits per heavy atom. The number of hydrogen-bond donors (Lipinski definition) is 3. The molecule has 1 aliphatic rings. The van der Waals surface area contributed by atoms with Crippen LogP contribution in [0.25, 0.3) is 0 Å². The van der Waals surface area contributed by atoms with Gasteiger partial charge in [-0.05, 0) is 25.7 Å². The van der Waals surface area contributed by atoms with E-state index in [1.54, 1.807) is 24.9 Å². The number of aryl methyl sites for hydroxylation is 2. The van der Waals surface area contributed by atoms with Gasteiger partial charge in [-0.3, -0.25) is 4.68 Å². The molecular weight excluding hydrogens is 272 g/mol. The summed E-state index contributed by atoms with van der Waals surface area (Å²) >= 11 is 0. The lowest BCUT2D eigenvalue weighted by atomic mass is 9.76. The predicted molar refractivity (Wildman–Crippen MR) is 78.1 cm³/mol. The molecule has 1 heterocycles. The van der Waals surface area contributed by atoms with Crippen LogP contribution in [0.2, 0.25) is 0 Å². The second-order valence-corrected chi connectivity index (χ2v) is 5.97. The summed E-state index contributed by atoms with van der Waals surface area (Å²) < 4.78 is 1.60. The van der Waals surface area contributed by atoms with Crippen molar-refractivity contribution >= 4 is 17.7 Å². The third kappa shape index (κ3) is 3.34. The van der Waals surface area contributed by atoms with E-state index in [-0.39, 0.29) is 5.92 Å². The number of aliphatic carboxylic acids is 1. The zero-order valence-corrected chi connectivity index (χ0v) is 12.6. The second kappa shape index (κ2) is 5.75. The zero-order chi connectivity index (χ0) is 15.6. The predicted octanol–water partition coefficient (Wildman–Crippen LogP) is 1.88. The van der Waals surface area contributed by atoms with Crippen LogP contribution in [-0.4, -0.2) is 32.4 Å². The molecule has 2 amide bonds. The maximum absolute atomic E-state index is 12.1. The van der Waals surface area contributed by atoms with E-state index >= 15 is 0 Å². The van der Waals surface area contributed by atoms with Crippen LogP contribution in [0.1, 0.15) is 38.3 Å². The van der Waals surface area contributed by atoms with Crippen molar-refractivity contribution in [3.05, 3.63) is 11.9 Å². The van der Waals surface area contributed by atoms with Crippen LogP contribution in [0.4, 0.5) is 10.5 Å². The Morgan fingerprint density at radius 3 is 2.76 bits per heavy atom. The maximum atomic E-state index is 12.1. The number of rotatable bonds is 3. The lowest BCUT2D eigenvalue weighted by molar-refractivity contribution is -0.146. The van der Waals surface area contributed by atoms with E-state index < -0.39 is 17.5 Å². The van der Waals surface area contributed by atoms with Gasteiger partial charge in [-0.2, -0.15) is 5.10 Å². The highest BCUT2D eigenvalue weighted by Crippen LogP contribution is 2.32. The maximum Gasteiger partial charge on any atom is 0.329 e. The van der Waals surface area contributed by atoms with Crippen molar-refractivity contribution in [2.45, 2.75) is 45.1 Å².